The Morgan fingerprint density at radius 2 is 1.86 bits per heavy atom. The molecule has 0 fully saturated rings. The summed E-state index contributed by atoms with van der Waals surface area (Å²) in [5.74, 6) is 0.833. The highest BCUT2D eigenvalue weighted by Gasteiger charge is 2.28. The first-order valence-corrected chi connectivity index (χ1v) is 10.5. The predicted octanol–water partition coefficient (Wildman–Crippen LogP) is 3.73. The zero-order valence-corrected chi connectivity index (χ0v) is 17.5. The van der Waals surface area contributed by atoms with E-state index < -0.39 is 6.04 Å². The van der Waals surface area contributed by atoms with E-state index >= 15 is 0 Å². The number of rotatable bonds is 10. The molecule has 2 aromatic rings. The maximum Gasteiger partial charge on any atom is 0.242 e. The summed E-state index contributed by atoms with van der Waals surface area (Å²) in [6.45, 7) is 4.70. The molecule has 1 unspecified atom stereocenters. The van der Waals surface area contributed by atoms with Gasteiger partial charge in [-0.1, -0.05) is 37.3 Å². The van der Waals surface area contributed by atoms with Crippen LogP contribution in [0.15, 0.2) is 59.5 Å². The SMILES string of the molecule is CCNC(=O)C(CC)N(Cc1cccc(OC)c1)C(=O)CSc1ccccc1. The highest BCUT2D eigenvalue weighted by Crippen LogP contribution is 2.21. The molecule has 0 bridgehead atoms. The molecule has 0 aromatic heterocycles. The van der Waals surface area contributed by atoms with Gasteiger partial charge in [-0.15, -0.1) is 11.8 Å². The molecule has 1 N–H and O–H groups in total. The van der Waals surface area contributed by atoms with Crippen LogP contribution in [-0.2, 0) is 16.1 Å². The molecule has 0 aliphatic carbocycles. The Kier molecular flexibility index (Phi) is 8.88. The van der Waals surface area contributed by atoms with Crippen molar-refractivity contribution < 1.29 is 14.3 Å². The topological polar surface area (TPSA) is 58.6 Å². The summed E-state index contributed by atoms with van der Waals surface area (Å²) in [6, 6.07) is 16.9. The number of ether oxygens (including phenoxy) is 1. The van der Waals surface area contributed by atoms with Gasteiger partial charge in [-0.2, -0.15) is 0 Å². The minimum absolute atomic E-state index is 0.0604. The molecule has 2 rings (SSSR count). The molecule has 150 valence electrons. The van der Waals surface area contributed by atoms with Crippen LogP contribution in [-0.4, -0.2) is 42.2 Å². The van der Waals surface area contributed by atoms with Crippen molar-refractivity contribution in [1.29, 1.82) is 0 Å². The van der Waals surface area contributed by atoms with Gasteiger partial charge in [-0.3, -0.25) is 9.59 Å². The van der Waals surface area contributed by atoms with Crippen molar-refractivity contribution in [2.75, 3.05) is 19.4 Å². The van der Waals surface area contributed by atoms with Crippen molar-refractivity contribution >= 4 is 23.6 Å². The third kappa shape index (κ3) is 6.30. The van der Waals surface area contributed by atoms with Crippen LogP contribution in [0.3, 0.4) is 0 Å². The number of benzene rings is 2. The minimum atomic E-state index is -0.505. The number of nitrogens with one attached hydrogen (secondary N) is 1. The van der Waals surface area contributed by atoms with E-state index in [4.69, 9.17) is 4.74 Å². The van der Waals surface area contributed by atoms with Gasteiger partial charge in [0.2, 0.25) is 11.8 Å². The molecule has 2 amide bonds. The lowest BCUT2D eigenvalue weighted by Crippen LogP contribution is -2.49. The maximum atomic E-state index is 13.1. The van der Waals surface area contributed by atoms with Crippen LogP contribution >= 0.6 is 11.8 Å². The largest absolute Gasteiger partial charge is 0.497 e. The van der Waals surface area contributed by atoms with Crippen LogP contribution in [0.2, 0.25) is 0 Å². The van der Waals surface area contributed by atoms with Crippen LogP contribution in [0.4, 0.5) is 0 Å². The first kappa shape index (κ1) is 21.8. The Morgan fingerprint density at radius 1 is 1.11 bits per heavy atom. The maximum absolute atomic E-state index is 13.1. The Bertz CT molecular complexity index is 767. The number of amides is 2. The van der Waals surface area contributed by atoms with E-state index in [1.165, 1.54) is 11.8 Å². The second kappa shape index (κ2) is 11.4. The predicted molar refractivity (Wildman–Crippen MR) is 113 cm³/mol. The standard InChI is InChI=1S/C22H28N2O3S/c1-4-20(22(26)23-5-2)24(15-17-10-9-11-18(14-17)27-3)21(25)16-28-19-12-7-6-8-13-19/h6-14,20H,4-5,15-16H2,1-3H3,(H,23,26). The molecule has 28 heavy (non-hydrogen) atoms. The molecule has 0 heterocycles. The van der Waals surface area contributed by atoms with Crippen molar-refractivity contribution in [3.63, 3.8) is 0 Å². The molecule has 0 spiro atoms. The molecule has 1 atom stereocenters. The second-order valence-electron chi connectivity index (χ2n) is 6.29. The fourth-order valence-corrected chi connectivity index (χ4v) is 3.73. The van der Waals surface area contributed by atoms with Crippen LogP contribution in [0.25, 0.3) is 0 Å². The van der Waals surface area contributed by atoms with E-state index in [1.807, 2.05) is 68.4 Å². The lowest BCUT2D eigenvalue weighted by molar-refractivity contribution is -0.139. The van der Waals surface area contributed by atoms with E-state index in [0.29, 0.717) is 19.5 Å². The van der Waals surface area contributed by atoms with E-state index in [2.05, 4.69) is 5.32 Å². The number of nitrogens with zero attached hydrogens (tertiary/aromatic N) is 1. The fraction of sp³-hybridized carbons (Fsp3) is 0.364. The van der Waals surface area contributed by atoms with Crippen LogP contribution in [0, 0.1) is 0 Å². The molecular weight excluding hydrogens is 372 g/mol. The highest BCUT2D eigenvalue weighted by molar-refractivity contribution is 8.00. The van der Waals surface area contributed by atoms with Crippen LogP contribution in [0.5, 0.6) is 5.75 Å². The Hall–Kier alpha value is -2.47. The van der Waals surface area contributed by atoms with E-state index in [0.717, 1.165) is 16.2 Å². The minimum Gasteiger partial charge on any atom is -0.497 e. The van der Waals surface area contributed by atoms with Crippen LogP contribution in [0.1, 0.15) is 25.8 Å². The van der Waals surface area contributed by atoms with Gasteiger partial charge in [0.1, 0.15) is 11.8 Å². The molecule has 2 aromatic carbocycles. The van der Waals surface area contributed by atoms with Gasteiger partial charge in [0, 0.05) is 18.0 Å². The van der Waals surface area contributed by atoms with Gasteiger partial charge in [0.15, 0.2) is 0 Å². The van der Waals surface area contributed by atoms with Gasteiger partial charge < -0.3 is 15.0 Å². The number of carbonyl (C=O) groups is 2. The van der Waals surface area contributed by atoms with Crippen molar-refractivity contribution in [1.82, 2.24) is 10.2 Å². The number of hydrogen-bond acceptors (Lipinski definition) is 4. The number of likely N-dealkylation sites (N-methyl/N-ethyl adjacent to an activating group) is 1. The molecule has 0 radical (unpaired) electrons. The Labute approximate surface area is 171 Å². The molecule has 0 saturated carbocycles. The Morgan fingerprint density at radius 3 is 2.50 bits per heavy atom. The van der Waals surface area contributed by atoms with Crippen molar-refractivity contribution in [3.05, 3.63) is 60.2 Å². The lowest BCUT2D eigenvalue weighted by atomic mass is 10.1. The van der Waals surface area contributed by atoms with Gasteiger partial charge in [-0.05, 0) is 43.2 Å². The molecule has 0 aliphatic rings. The van der Waals surface area contributed by atoms with Crippen molar-refractivity contribution in [3.8, 4) is 5.75 Å². The van der Waals surface area contributed by atoms with Crippen molar-refractivity contribution in [2.45, 2.75) is 37.8 Å². The molecule has 5 nitrogen and oxygen atoms in total. The first-order chi connectivity index (χ1) is 13.6. The summed E-state index contributed by atoms with van der Waals surface area (Å²) in [5, 5.41) is 2.85. The third-order valence-electron chi connectivity index (χ3n) is 4.33. The molecule has 0 saturated heterocycles. The number of hydrogen-bond donors (Lipinski definition) is 1. The van der Waals surface area contributed by atoms with Gasteiger partial charge >= 0.3 is 0 Å². The van der Waals surface area contributed by atoms with Crippen LogP contribution < -0.4 is 10.1 Å². The smallest absolute Gasteiger partial charge is 0.242 e. The summed E-state index contributed by atoms with van der Waals surface area (Å²) < 4.78 is 5.29. The lowest BCUT2D eigenvalue weighted by Gasteiger charge is -2.30. The third-order valence-corrected chi connectivity index (χ3v) is 5.33. The summed E-state index contributed by atoms with van der Waals surface area (Å²) in [5.41, 5.74) is 0.931. The number of methoxy groups -OCH3 is 1. The zero-order valence-electron chi connectivity index (χ0n) is 16.7. The summed E-state index contributed by atoms with van der Waals surface area (Å²) in [6.07, 6.45) is 0.553. The van der Waals surface area contributed by atoms with Gasteiger partial charge in [-0.25, -0.2) is 0 Å². The van der Waals surface area contributed by atoms with Gasteiger partial charge in [0.25, 0.3) is 0 Å². The monoisotopic (exact) mass is 400 g/mol. The van der Waals surface area contributed by atoms with E-state index in [1.54, 1.807) is 12.0 Å². The summed E-state index contributed by atoms with van der Waals surface area (Å²) in [4.78, 5) is 28.4. The highest BCUT2D eigenvalue weighted by atomic mass is 32.2. The quantitative estimate of drug-likeness (QED) is 0.618. The number of thioether (sulfide) groups is 1. The zero-order chi connectivity index (χ0) is 20.4. The Balaban J connectivity index is 2.20. The fourth-order valence-electron chi connectivity index (χ4n) is 2.92. The average molecular weight is 401 g/mol. The molecule has 0 aliphatic heterocycles. The average Bonchev–Trinajstić information content (AvgIpc) is 2.73. The van der Waals surface area contributed by atoms with E-state index in [9.17, 15) is 9.59 Å². The summed E-state index contributed by atoms with van der Waals surface area (Å²) in [7, 11) is 1.61. The number of carbonyl (C=O) groups excluding carboxylic acids is 2. The second-order valence-corrected chi connectivity index (χ2v) is 7.34. The normalized spacial score (nSPS) is 11.5. The summed E-state index contributed by atoms with van der Waals surface area (Å²) >= 11 is 1.48. The van der Waals surface area contributed by atoms with Gasteiger partial charge in [0.05, 0.1) is 12.9 Å². The van der Waals surface area contributed by atoms with Crippen molar-refractivity contribution in [2.24, 2.45) is 0 Å². The first-order valence-electron chi connectivity index (χ1n) is 9.47. The van der Waals surface area contributed by atoms with E-state index in [-0.39, 0.29) is 17.6 Å². The molecular formula is C22H28N2O3S. The molecule has 6 heteroatoms.